The summed E-state index contributed by atoms with van der Waals surface area (Å²) in [4.78, 5) is 24.1. The van der Waals surface area contributed by atoms with Gasteiger partial charge in [0.1, 0.15) is 0 Å². The van der Waals surface area contributed by atoms with Crippen LogP contribution in [0, 0.1) is 0 Å². The third-order valence-electron chi connectivity index (χ3n) is 2.20. The number of benzene rings is 1. The smallest absolute Gasteiger partial charge is 0.328 e. The van der Waals surface area contributed by atoms with Crippen LogP contribution in [0.4, 0.5) is 16.2 Å². The number of carbonyl (C=O) groups is 2. The summed E-state index contributed by atoms with van der Waals surface area (Å²) in [5, 5.41) is 2.61. The number of urea groups is 1. The van der Waals surface area contributed by atoms with Gasteiger partial charge in [-0.1, -0.05) is 6.07 Å². The molecule has 0 saturated carbocycles. The van der Waals surface area contributed by atoms with Crippen molar-refractivity contribution in [1.82, 2.24) is 5.32 Å². The maximum Gasteiger partial charge on any atom is 0.328 e. The first kappa shape index (κ1) is 9.51. The highest BCUT2D eigenvalue weighted by Crippen LogP contribution is 2.19. The molecule has 78 valence electrons. The van der Waals surface area contributed by atoms with Gasteiger partial charge in [0.2, 0.25) is 5.91 Å². The molecule has 2 rings (SSSR count). The normalized spacial score (nSPS) is 16.4. The summed E-state index contributed by atoms with van der Waals surface area (Å²) in [5.41, 5.74) is 6.62. The van der Waals surface area contributed by atoms with Crippen LogP contribution in [0.2, 0.25) is 0 Å². The van der Waals surface area contributed by atoms with E-state index in [2.05, 4.69) is 5.32 Å². The highest BCUT2D eigenvalue weighted by Gasteiger charge is 2.26. The van der Waals surface area contributed by atoms with Crippen LogP contribution in [-0.2, 0) is 4.79 Å². The predicted molar refractivity (Wildman–Crippen MR) is 56.4 cm³/mol. The summed E-state index contributed by atoms with van der Waals surface area (Å²) in [7, 11) is 0. The minimum Gasteiger partial charge on any atom is -0.399 e. The van der Waals surface area contributed by atoms with Gasteiger partial charge in [-0.15, -0.1) is 0 Å². The minimum absolute atomic E-state index is 0.204. The fraction of sp³-hybridized carbons (Fsp3) is 0.200. The third kappa shape index (κ3) is 1.76. The average Bonchev–Trinajstić information content (AvgIpc) is 2.17. The topological polar surface area (TPSA) is 75.4 Å². The van der Waals surface area contributed by atoms with Gasteiger partial charge in [0.05, 0.1) is 5.69 Å². The van der Waals surface area contributed by atoms with Gasteiger partial charge < -0.3 is 11.1 Å². The van der Waals surface area contributed by atoms with Crippen LogP contribution in [0.15, 0.2) is 24.3 Å². The fourth-order valence-electron chi connectivity index (χ4n) is 1.51. The molecule has 0 unspecified atom stereocenters. The number of imide groups is 1. The van der Waals surface area contributed by atoms with Crippen molar-refractivity contribution in [2.45, 2.75) is 6.42 Å². The van der Waals surface area contributed by atoms with E-state index >= 15 is 0 Å². The second-order valence-corrected chi connectivity index (χ2v) is 3.31. The van der Waals surface area contributed by atoms with Crippen molar-refractivity contribution in [2.75, 3.05) is 17.2 Å². The van der Waals surface area contributed by atoms with E-state index in [1.54, 1.807) is 24.3 Å². The van der Waals surface area contributed by atoms with E-state index in [4.69, 9.17) is 5.73 Å². The third-order valence-corrected chi connectivity index (χ3v) is 2.20. The molecule has 1 fully saturated rings. The second kappa shape index (κ2) is 3.61. The first-order valence-corrected chi connectivity index (χ1v) is 4.65. The number of nitrogens with one attached hydrogen (secondary N) is 1. The molecule has 0 aromatic heterocycles. The standard InChI is InChI=1S/C10H11N3O2/c11-7-2-1-3-8(6-7)13-9(14)4-5-12-10(13)15/h1-3,6H,4-5,11H2,(H,12,15). The summed E-state index contributed by atoms with van der Waals surface area (Å²) < 4.78 is 0. The van der Waals surface area contributed by atoms with E-state index in [0.717, 1.165) is 4.90 Å². The van der Waals surface area contributed by atoms with Gasteiger partial charge in [0.25, 0.3) is 0 Å². The lowest BCUT2D eigenvalue weighted by Crippen LogP contribution is -2.50. The molecule has 0 spiro atoms. The Hall–Kier alpha value is -2.04. The Morgan fingerprint density at radius 1 is 1.33 bits per heavy atom. The van der Waals surface area contributed by atoms with E-state index in [-0.39, 0.29) is 5.91 Å². The second-order valence-electron chi connectivity index (χ2n) is 3.31. The molecule has 3 N–H and O–H groups in total. The van der Waals surface area contributed by atoms with Crippen molar-refractivity contribution in [3.63, 3.8) is 0 Å². The molecule has 15 heavy (non-hydrogen) atoms. The molecule has 5 nitrogen and oxygen atoms in total. The Morgan fingerprint density at radius 2 is 2.13 bits per heavy atom. The SMILES string of the molecule is Nc1cccc(N2C(=O)CCNC2=O)c1. The van der Waals surface area contributed by atoms with Crippen LogP contribution >= 0.6 is 0 Å². The zero-order valence-electron chi connectivity index (χ0n) is 8.06. The Kier molecular flexibility index (Phi) is 2.29. The van der Waals surface area contributed by atoms with E-state index < -0.39 is 6.03 Å². The van der Waals surface area contributed by atoms with E-state index in [9.17, 15) is 9.59 Å². The maximum atomic E-state index is 11.5. The molecule has 0 aliphatic carbocycles. The van der Waals surface area contributed by atoms with Gasteiger partial charge in [0.15, 0.2) is 0 Å². The Balaban J connectivity index is 2.35. The predicted octanol–water partition coefficient (Wildman–Crippen LogP) is 0.715. The molecular formula is C10H11N3O2. The summed E-state index contributed by atoms with van der Waals surface area (Å²) >= 11 is 0. The molecule has 1 aliphatic rings. The molecular weight excluding hydrogens is 194 g/mol. The van der Waals surface area contributed by atoms with Crippen LogP contribution in [0.1, 0.15) is 6.42 Å². The Bertz CT molecular complexity index is 401. The molecule has 1 heterocycles. The molecule has 1 aromatic rings. The lowest BCUT2D eigenvalue weighted by molar-refractivity contribution is -0.118. The number of nitrogen functional groups attached to an aromatic ring is 1. The number of carbonyl (C=O) groups excluding carboxylic acids is 2. The summed E-state index contributed by atoms with van der Waals surface area (Å²) in [6.07, 6.45) is 0.320. The molecule has 3 amide bonds. The number of hydrogen-bond acceptors (Lipinski definition) is 3. The van der Waals surface area contributed by atoms with Gasteiger partial charge in [-0.25, -0.2) is 9.69 Å². The van der Waals surface area contributed by atoms with Crippen molar-refractivity contribution >= 4 is 23.3 Å². The number of rotatable bonds is 1. The van der Waals surface area contributed by atoms with Crippen molar-refractivity contribution in [2.24, 2.45) is 0 Å². The Morgan fingerprint density at radius 3 is 2.80 bits per heavy atom. The van der Waals surface area contributed by atoms with Crippen molar-refractivity contribution < 1.29 is 9.59 Å². The van der Waals surface area contributed by atoms with Gasteiger partial charge in [-0.05, 0) is 18.2 Å². The molecule has 0 atom stereocenters. The van der Waals surface area contributed by atoms with Crippen LogP contribution in [-0.4, -0.2) is 18.5 Å². The summed E-state index contributed by atoms with van der Waals surface area (Å²) in [6.45, 7) is 0.399. The summed E-state index contributed by atoms with van der Waals surface area (Å²) in [5.74, 6) is -0.204. The molecule has 0 radical (unpaired) electrons. The van der Waals surface area contributed by atoms with Crippen LogP contribution < -0.4 is 16.0 Å². The van der Waals surface area contributed by atoms with Gasteiger partial charge >= 0.3 is 6.03 Å². The minimum atomic E-state index is -0.392. The number of nitrogens with two attached hydrogens (primary N) is 1. The highest BCUT2D eigenvalue weighted by molar-refractivity contribution is 6.15. The average molecular weight is 205 g/mol. The molecule has 1 aliphatic heterocycles. The van der Waals surface area contributed by atoms with Crippen molar-refractivity contribution in [3.8, 4) is 0 Å². The number of hydrogen-bond donors (Lipinski definition) is 2. The molecule has 5 heteroatoms. The lowest BCUT2D eigenvalue weighted by atomic mass is 10.2. The van der Waals surface area contributed by atoms with Crippen LogP contribution in [0.3, 0.4) is 0 Å². The van der Waals surface area contributed by atoms with Crippen molar-refractivity contribution in [1.29, 1.82) is 0 Å². The molecule has 0 bridgehead atoms. The van der Waals surface area contributed by atoms with Gasteiger partial charge in [0, 0.05) is 18.7 Å². The fourth-order valence-corrected chi connectivity index (χ4v) is 1.51. The number of amides is 3. The van der Waals surface area contributed by atoms with E-state index in [0.29, 0.717) is 24.3 Å². The first-order chi connectivity index (χ1) is 7.18. The van der Waals surface area contributed by atoms with E-state index in [1.807, 2.05) is 0 Å². The van der Waals surface area contributed by atoms with Crippen LogP contribution in [0.25, 0.3) is 0 Å². The lowest BCUT2D eigenvalue weighted by Gasteiger charge is -2.25. The quantitative estimate of drug-likeness (QED) is 0.663. The number of nitrogens with zero attached hydrogens (tertiary/aromatic N) is 1. The zero-order valence-corrected chi connectivity index (χ0v) is 8.06. The monoisotopic (exact) mass is 205 g/mol. The largest absolute Gasteiger partial charge is 0.399 e. The van der Waals surface area contributed by atoms with Crippen LogP contribution in [0.5, 0.6) is 0 Å². The number of anilines is 2. The van der Waals surface area contributed by atoms with E-state index in [1.165, 1.54) is 0 Å². The van der Waals surface area contributed by atoms with Crippen molar-refractivity contribution in [3.05, 3.63) is 24.3 Å². The Labute approximate surface area is 86.9 Å². The van der Waals surface area contributed by atoms with Gasteiger partial charge in [-0.3, -0.25) is 4.79 Å². The summed E-state index contributed by atoms with van der Waals surface area (Å²) in [6, 6.07) is 6.30. The molecule has 1 saturated heterocycles. The first-order valence-electron chi connectivity index (χ1n) is 4.65. The maximum absolute atomic E-state index is 11.5. The van der Waals surface area contributed by atoms with Gasteiger partial charge in [-0.2, -0.15) is 0 Å². The zero-order chi connectivity index (χ0) is 10.8. The molecule has 1 aromatic carbocycles. The highest BCUT2D eigenvalue weighted by atomic mass is 16.2.